The SMILES string of the molecule is O=C([O-])NCc1nc(-c2ccccc2)c(-c2ccccc2)[nH]1. The first kappa shape index (κ1) is 13.9. The first-order valence-electron chi connectivity index (χ1n) is 6.88. The smallest absolute Gasteiger partial charge is 0.134 e. The third-order valence-electron chi connectivity index (χ3n) is 3.26. The number of aromatic nitrogens is 2. The lowest BCUT2D eigenvalue weighted by Gasteiger charge is -2.03. The van der Waals surface area contributed by atoms with Crippen molar-refractivity contribution in [1.82, 2.24) is 15.3 Å². The van der Waals surface area contributed by atoms with Crippen molar-refractivity contribution >= 4 is 6.09 Å². The highest BCUT2D eigenvalue weighted by molar-refractivity contribution is 5.78. The number of hydrogen-bond donors (Lipinski definition) is 2. The number of H-pyrrole nitrogens is 1. The number of carbonyl (C=O) groups excluding carboxylic acids is 1. The quantitative estimate of drug-likeness (QED) is 0.773. The molecule has 0 unspecified atom stereocenters. The number of amides is 1. The van der Waals surface area contributed by atoms with Crippen LogP contribution in [-0.4, -0.2) is 16.1 Å². The van der Waals surface area contributed by atoms with Crippen LogP contribution in [0.15, 0.2) is 60.7 Å². The molecule has 0 spiro atoms. The molecule has 2 N–H and O–H groups in total. The Hall–Kier alpha value is -3.08. The molecule has 0 radical (unpaired) electrons. The Morgan fingerprint density at radius 2 is 1.59 bits per heavy atom. The zero-order chi connectivity index (χ0) is 15.4. The standard InChI is InChI=1S/C17H15N3O2/c21-17(22)18-11-14-19-15(12-7-3-1-4-8-12)16(20-14)13-9-5-2-6-10-13/h1-10,18H,11H2,(H,19,20)(H,21,22)/p-1. The first-order chi connectivity index (χ1) is 10.7. The average Bonchev–Trinajstić information content (AvgIpc) is 2.99. The minimum Gasteiger partial charge on any atom is -0.530 e. The molecule has 0 aliphatic carbocycles. The molecule has 5 heteroatoms. The molecule has 0 saturated heterocycles. The summed E-state index contributed by atoms with van der Waals surface area (Å²) in [5.74, 6) is 0.543. The summed E-state index contributed by atoms with van der Waals surface area (Å²) in [6.07, 6.45) is -1.32. The van der Waals surface area contributed by atoms with E-state index >= 15 is 0 Å². The molecule has 110 valence electrons. The second-order valence-corrected chi connectivity index (χ2v) is 4.78. The molecular formula is C17H14N3O2-. The van der Waals surface area contributed by atoms with Gasteiger partial charge < -0.3 is 20.2 Å². The summed E-state index contributed by atoms with van der Waals surface area (Å²) in [4.78, 5) is 18.2. The van der Waals surface area contributed by atoms with Crippen molar-refractivity contribution in [1.29, 1.82) is 0 Å². The van der Waals surface area contributed by atoms with Gasteiger partial charge in [-0.15, -0.1) is 0 Å². The molecule has 1 amide bonds. The van der Waals surface area contributed by atoms with E-state index in [4.69, 9.17) is 0 Å². The Bertz CT molecular complexity index is 710. The van der Waals surface area contributed by atoms with E-state index in [1.165, 1.54) is 0 Å². The maximum Gasteiger partial charge on any atom is 0.134 e. The van der Waals surface area contributed by atoms with E-state index in [0.717, 1.165) is 22.5 Å². The van der Waals surface area contributed by atoms with Crippen molar-refractivity contribution in [2.24, 2.45) is 0 Å². The minimum atomic E-state index is -1.32. The second kappa shape index (κ2) is 6.13. The van der Waals surface area contributed by atoms with Crippen LogP contribution >= 0.6 is 0 Å². The van der Waals surface area contributed by atoms with Gasteiger partial charge in [0.1, 0.15) is 11.9 Å². The molecule has 22 heavy (non-hydrogen) atoms. The van der Waals surface area contributed by atoms with Gasteiger partial charge in [-0.1, -0.05) is 60.7 Å². The number of rotatable bonds is 4. The van der Waals surface area contributed by atoms with Crippen LogP contribution in [0.4, 0.5) is 4.79 Å². The fourth-order valence-electron chi connectivity index (χ4n) is 2.28. The molecule has 0 fully saturated rings. The summed E-state index contributed by atoms with van der Waals surface area (Å²) >= 11 is 0. The van der Waals surface area contributed by atoms with Crippen LogP contribution in [-0.2, 0) is 6.54 Å². The Balaban J connectivity index is 2.04. The van der Waals surface area contributed by atoms with E-state index < -0.39 is 6.09 Å². The number of carboxylic acid groups (broad SMARTS) is 1. The summed E-state index contributed by atoms with van der Waals surface area (Å²) in [6.45, 7) is 0.0784. The van der Waals surface area contributed by atoms with E-state index in [2.05, 4.69) is 15.3 Å². The molecule has 5 nitrogen and oxygen atoms in total. The Kier molecular flexibility index (Phi) is 3.87. The maximum atomic E-state index is 10.5. The average molecular weight is 292 g/mol. The highest BCUT2D eigenvalue weighted by atomic mass is 16.4. The van der Waals surface area contributed by atoms with Crippen molar-refractivity contribution in [3.05, 3.63) is 66.5 Å². The maximum absolute atomic E-state index is 10.5. The molecule has 0 bridgehead atoms. The predicted molar refractivity (Wildman–Crippen MR) is 81.7 cm³/mol. The highest BCUT2D eigenvalue weighted by Gasteiger charge is 2.13. The Morgan fingerprint density at radius 1 is 1.00 bits per heavy atom. The van der Waals surface area contributed by atoms with E-state index in [0.29, 0.717) is 5.82 Å². The fourth-order valence-corrected chi connectivity index (χ4v) is 2.28. The van der Waals surface area contributed by atoms with Crippen molar-refractivity contribution in [3.63, 3.8) is 0 Å². The van der Waals surface area contributed by atoms with E-state index in [9.17, 15) is 9.90 Å². The van der Waals surface area contributed by atoms with Crippen LogP contribution in [0, 0.1) is 0 Å². The lowest BCUT2D eigenvalue weighted by atomic mass is 10.1. The van der Waals surface area contributed by atoms with Gasteiger partial charge in [-0.2, -0.15) is 0 Å². The molecule has 2 aromatic carbocycles. The van der Waals surface area contributed by atoms with Gasteiger partial charge in [0.05, 0.1) is 17.9 Å². The van der Waals surface area contributed by atoms with E-state index in [1.807, 2.05) is 60.7 Å². The zero-order valence-electron chi connectivity index (χ0n) is 11.7. The third kappa shape index (κ3) is 2.98. The lowest BCUT2D eigenvalue weighted by molar-refractivity contribution is -0.251. The van der Waals surface area contributed by atoms with E-state index in [1.54, 1.807) is 0 Å². The molecule has 3 rings (SSSR count). The first-order valence-corrected chi connectivity index (χ1v) is 6.88. The third-order valence-corrected chi connectivity index (χ3v) is 3.26. The Morgan fingerprint density at radius 3 is 2.18 bits per heavy atom. The number of aromatic amines is 1. The molecule has 0 saturated carbocycles. The van der Waals surface area contributed by atoms with Crippen LogP contribution < -0.4 is 10.4 Å². The second-order valence-electron chi connectivity index (χ2n) is 4.78. The summed E-state index contributed by atoms with van der Waals surface area (Å²) in [5, 5.41) is 12.8. The minimum absolute atomic E-state index is 0.0784. The lowest BCUT2D eigenvalue weighted by Crippen LogP contribution is -2.36. The number of nitrogens with zero attached hydrogens (tertiary/aromatic N) is 1. The van der Waals surface area contributed by atoms with Crippen LogP contribution in [0.3, 0.4) is 0 Å². The van der Waals surface area contributed by atoms with Crippen LogP contribution in [0.1, 0.15) is 5.82 Å². The van der Waals surface area contributed by atoms with E-state index in [-0.39, 0.29) is 6.54 Å². The van der Waals surface area contributed by atoms with Crippen LogP contribution in [0.5, 0.6) is 0 Å². The van der Waals surface area contributed by atoms with Crippen molar-refractivity contribution in [2.45, 2.75) is 6.54 Å². The van der Waals surface area contributed by atoms with Crippen molar-refractivity contribution in [3.8, 4) is 22.5 Å². The molecule has 0 aliphatic rings. The fraction of sp³-hybridized carbons (Fsp3) is 0.0588. The number of imidazole rings is 1. The van der Waals surface area contributed by atoms with Gasteiger partial charge in [0.25, 0.3) is 0 Å². The number of nitrogens with one attached hydrogen (secondary N) is 2. The highest BCUT2D eigenvalue weighted by Crippen LogP contribution is 2.29. The van der Waals surface area contributed by atoms with Crippen LogP contribution in [0.25, 0.3) is 22.5 Å². The van der Waals surface area contributed by atoms with Crippen molar-refractivity contribution < 1.29 is 9.90 Å². The molecule has 0 atom stereocenters. The number of benzene rings is 2. The normalized spacial score (nSPS) is 10.4. The van der Waals surface area contributed by atoms with Gasteiger partial charge >= 0.3 is 0 Å². The predicted octanol–water partition coefficient (Wildman–Crippen LogP) is 2.18. The van der Waals surface area contributed by atoms with Gasteiger partial charge in [-0.05, 0) is 0 Å². The topological polar surface area (TPSA) is 80.8 Å². The number of hydrogen-bond acceptors (Lipinski definition) is 3. The summed E-state index contributed by atoms with van der Waals surface area (Å²) in [5.41, 5.74) is 3.62. The number of carbonyl (C=O) groups is 1. The van der Waals surface area contributed by atoms with Gasteiger partial charge in [-0.3, -0.25) is 0 Å². The summed E-state index contributed by atoms with van der Waals surface area (Å²) < 4.78 is 0. The molecule has 0 aliphatic heterocycles. The van der Waals surface area contributed by atoms with Gasteiger partial charge in [0.2, 0.25) is 0 Å². The monoisotopic (exact) mass is 292 g/mol. The Labute approximate surface area is 127 Å². The summed E-state index contributed by atoms with van der Waals surface area (Å²) in [7, 11) is 0. The molecule has 3 aromatic rings. The van der Waals surface area contributed by atoms with Crippen LogP contribution in [0.2, 0.25) is 0 Å². The van der Waals surface area contributed by atoms with Gasteiger partial charge in [0, 0.05) is 11.1 Å². The van der Waals surface area contributed by atoms with Gasteiger partial charge in [0.15, 0.2) is 0 Å². The molecular weight excluding hydrogens is 278 g/mol. The summed E-state index contributed by atoms with van der Waals surface area (Å²) in [6, 6.07) is 19.6. The zero-order valence-corrected chi connectivity index (χ0v) is 11.7. The van der Waals surface area contributed by atoms with Crippen molar-refractivity contribution in [2.75, 3.05) is 0 Å². The van der Waals surface area contributed by atoms with Gasteiger partial charge in [-0.25, -0.2) is 4.98 Å². The largest absolute Gasteiger partial charge is 0.530 e. The molecule has 1 aromatic heterocycles. The molecule has 1 heterocycles.